The summed E-state index contributed by atoms with van der Waals surface area (Å²) < 4.78 is 14.5. The summed E-state index contributed by atoms with van der Waals surface area (Å²) in [5.74, 6) is 0.0379. The Bertz CT molecular complexity index is 1440. The van der Waals surface area contributed by atoms with Crippen LogP contribution in [0, 0.1) is 30.6 Å². The number of aryl methyl sites for hydroxylation is 3. The number of hydrogen-bond donors (Lipinski definition) is 1. The molecule has 3 rings (SSSR count). The number of aromatic nitrogens is 4. The van der Waals surface area contributed by atoms with Gasteiger partial charge >= 0.3 is 6.09 Å². The van der Waals surface area contributed by atoms with E-state index in [4.69, 9.17) is 14.5 Å². The summed E-state index contributed by atoms with van der Waals surface area (Å²) >= 11 is 0. The summed E-state index contributed by atoms with van der Waals surface area (Å²) in [4.78, 5) is 33.0. The van der Waals surface area contributed by atoms with E-state index in [9.17, 15) is 14.9 Å². The molecule has 1 aromatic carbocycles. The molecule has 0 aliphatic carbocycles. The number of nitrogens with zero attached hydrogens (tertiary/aromatic N) is 6. The Morgan fingerprint density at radius 2 is 1.85 bits per heavy atom. The van der Waals surface area contributed by atoms with E-state index in [2.05, 4.69) is 30.3 Å². The fraction of sp³-hybridized carbons (Fsp3) is 0.567. The first-order chi connectivity index (χ1) is 19.2. The molecule has 0 unspecified atom stereocenters. The lowest BCUT2D eigenvalue weighted by Crippen LogP contribution is -2.44. The largest absolute Gasteiger partial charge is 0.444 e. The van der Waals surface area contributed by atoms with Gasteiger partial charge in [-0.1, -0.05) is 13.8 Å². The molecule has 0 spiro atoms. The second kappa shape index (κ2) is 12.7. The molecule has 3 aromatic rings. The Morgan fingerprint density at radius 1 is 1.15 bits per heavy atom. The van der Waals surface area contributed by atoms with Gasteiger partial charge in [0.2, 0.25) is 5.95 Å². The maximum absolute atomic E-state index is 13.4. The second-order valence-electron chi connectivity index (χ2n) is 12.1. The van der Waals surface area contributed by atoms with Crippen LogP contribution in [-0.4, -0.2) is 68.6 Å². The smallest absolute Gasteiger partial charge is 0.410 e. The van der Waals surface area contributed by atoms with Gasteiger partial charge in [-0.3, -0.25) is 14.8 Å². The molecule has 2 amide bonds. The number of fused-ring (bicyclic) bond motifs is 1. The number of methoxy groups -OCH3 is 1. The Morgan fingerprint density at radius 3 is 2.46 bits per heavy atom. The van der Waals surface area contributed by atoms with Gasteiger partial charge in [0.1, 0.15) is 11.3 Å². The Hall–Kier alpha value is -3.91. The third-order valence-electron chi connectivity index (χ3n) is 6.45. The number of imidazole rings is 1. The zero-order chi connectivity index (χ0) is 30.5. The zero-order valence-electron chi connectivity index (χ0n) is 25.8. The summed E-state index contributed by atoms with van der Waals surface area (Å²) in [5.41, 5.74) is 2.87. The highest BCUT2D eigenvalue weighted by Crippen LogP contribution is 2.30. The minimum Gasteiger partial charge on any atom is -0.444 e. The van der Waals surface area contributed by atoms with E-state index in [1.165, 1.54) is 0 Å². The van der Waals surface area contributed by atoms with Crippen molar-refractivity contribution >= 4 is 29.0 Å². The molecule has 41 heavy (non-hydrogen) atoms. The van der Waals surface area contributed by atoms with Gasteiger partial charge < -0.3 is 18.9 Å². The fourth-order valence-electron chi connectivity index (χ4n) is 4.88. The van der Waals surface area contributed by atoms with Crippen molar-refractivity contribution < 1.29 is 19.1 Å². The van der Waals surface area contributed by atoms with Gasteiger partial charge in [-0.05, 0) is 71.7 Å². The van der Waals surface area contributed by atoms with Gasteiger partial charge in [0.25, 0.3) is 5.91 Å². The van der Waals surface area contributed by atoms with Gasteiger partial charge in [0, 0.05) is 45.3 Å². The topological polar surface area (TPSA) is 127 Å². The molecule has 222 valence electrons. The van der Waals surface area contributed by atoms with E-state index in [-0.39, 0.29) is 12.0 Å². The third-order valence-corrected chi connectivity index (χ3v) is 6.45. The van der Waals surface area contributed by atoms with Crippen molar-refractivity contribution in [3.05, 3.63) is 40.7 Å². The van der Waals surface area contributed by atoms with Crippen LogP contribution >= 0.6 is 0 Å². The van der Waals surface area contributed by atoms with Crippen molar-refractivity contribution in [3.8, 4) is 6.07 Å². The second-order valence-corrected chi connectivity index (χ2v) is 12.1. The molecule has 11 nitrogen and oxygen atoms in total. The molecule has 2 aromatic heterocycles. The molecule has 0 saturated carbocycles. The summed E-state index contributed by atoms with van der Waals surface area (Å²) in [6.45, 7) is 17.7. The average Bonchev–Trinajstić information content (AvgIpc) is 3.41. The highest BCUT2D eigenvalue weighted by Gasteiger charge is 2.31. The molecule has 0 atom stereocenters. The van der Waals surface area contributed by atoms with Crippen molar-refractivity contribution in [2.24, 2.45) is 5.41 Å². The molecule has 0 fully saturated rings. The predicted octanol–water partition coefficient (Wildman–Crippen LogP) is 5.29. The quantitative estimate of drug-likeness (QED) is 0.313. The van der Waals surface area contributed by atoms with Crippen molar-refractivity contribution in [2.75, 3.05) is 32.1 Å². The molecule has 11 heteroatoms. The lowest BCUT2D eigenvalue weighted by Gasteiger charge is -2.34. The number of carbonyl (C=O) groups excluding carboxylic acids is 2. The predicted molar refractivity (Wildman–Crippen MR) is 158 cm³/mol. The van der Waals surface area contributed by atoms with Crippen molar-refractivity contribution in [3.63, 3.8) is 0 Å². The molecule has 0 saturated heterocycles. The van der Waals surface area contributed by atoms with E-state index in [0.29, 0.717) is 61.9 Å². The minimum absolute atomic E-state index is 0.324. The van der Waals surface area contributed by atoms with Crippen LogP contribution in [0.5, 0.6) is 0 Å². The number of rotatable bonds is 11. The van der Waals surface area contributed by atoms with E-state index in [0.717, 1.165) is 16.8 Å². The number of nitrogens with one attached hydrogen (secondary N) is 1. The number of carbonyl (C=O) groups is 2. The fourth-order valence-corrected chi connectivity index (χ4v) is 4.88. The highest BCUT2D eigenvalue weighted by atomic mass is 16.6. The van der Waals surface area contributed by atoms with Gasteiger partial charge in [0.05, 0.1) is 28.4 Å². The lowest BCUT2D eigenvalue weighted by atomic mass is 9.92. The SMILES string of the molecule is CCn1nc(C)cc1C(=O)Nc1nc2cc(C#N)cc(C)c2n1CC(C)(C)CN(CCCOC)C(=O)OC(C)(C)C. The van der Waals surface area contributed by atoms with Gasteiger partial charge in [-0.25, -0.2) is 9.78 Å². The number of anilines is 1. The zero-order valence-corrected chi connectivity index (χ0v) is 25.8. The summed E-state index contributed by atoms with van der Waals surface area (Å²) in [6, 6.07) is 7.46. The summed E-state index contributed by atoms with van der Waals surface area (Å²) in [5, 5.41) is 16.9. The molecular formula is C30H43N7O4. The molecule has 1 N–H and O–H groups in total. The Kier molecular flexibility index (Phi) is 9.81. The van der Waals surface area contributed by atoms with Crippen LogP contribution in [0.2, 0.25) is 0 Å². The number of hydrogen-bond acceptors (Lipinski definition) is 7. The monoisotopic (exact) mass is 565 g/mol. The normalized spacial score (nSPS) is 11.9. The van der Waals surface area contributed by atoms with Crippen LogP contribution in [0.3, 0.4) is 0 Å². The number of benzene rings is 1. The number of amides is 2. The van der Waals surface area contributed by atoms with E-state index >= 15 is 0 Å². The van der Waals surface area contributed by atoms with Crippen LogP contribution in [0.4, 0.5) is 10.7 Å². The highest BCUT2D eigenvalue weighted by molar-refractivity contribution is 6.03. The van der Waals surface area contributed by atoms with E-state index in [1.807, 2.05) is 52.2 Å². The van der Waals surface area contributed by atoms with Crippen LogP contribution in [0.25, 0.3) is 11.0 Å². The maximum atomic E-state index is 13.4. The Balaban J connectivity index is 2.01. The van der Waals surface area contributed by atoms with Gasteiger partial charge in [-0.15, -0.1) is 0 Å². The van der Waals surface area contributed by atoms with Crippen LogP contribution < -0.4 is 5.32 Å². The molecule has 0 aliphatic rings. The number of ether oxygens (including phenoxy) is 2. The Labute approximate surface area is 242 Å². The minimum atomic E-state index is -0.627. The van der Waals surface area contributed by atoms with Crippen LogP contribution in [0.15, 0.2) is 18.2 Å². The molecule has 0 radical (unpaired) electrons. The maximum Gasteiger partial charge on any atom is 0.410 e. The average molecular weight is 566 g/mol. The van der Waals surface area contributed by atoms with Gasteiger partial charge in [-0.2, -0.15) is 10.4 Å². The molecule has 0 aliphatic heterocycles. The van der Waals surface area contributed by atoms with E-state index in [1.54, 1.807) is 28.8 Å². The van der Waals surface area contributed by atoms with Crippen LogP contribution in [0.1, 0.15) is 75.3 Å². The first-order valence-corrected chi connectivity index (χ1v) is 13.9. The first-order valence-electron chi connectivity index (χ1n) is 13.9. The van der Waals surface area contributed by atoms with Crippen molar-refractivity contribution in [1.29, 1.82) is 5.26 Å². The molecular weight excluding hydrogens is 522 g/mol. The first kappa shape index (κ1) is 31.6. The molecule has 0 bridgehead atoms. The van der Waals surface area contributed by atoms with E-state index < -0.39 is 11.0 Å². The summed E-state index contributed by atoms with van der Waals surface area (Å²) in [6.07, 6.45) is 0.283. The third kappa shape index (κ3) is 8.07. The summed E-state index contributed by atoms with van der Waals surface area (Å²) in [7, 11) is 1.64. The lowest BCUT2D eigenvalue weighted by molar-refractivity contribution is 0.0151. The van der Waals surface area contributed by atoms with Crippen LogP contribution in [-0.2, 0) is 22.6 Å². The van der Waals surface area contributed by atoms with Gasteiger partial charge in [0.15, 0.2) is 0 Å². The van der Waals surface area contributed by atoms with Crippen molar-refractivity contribution in [1.82, 2.24) is 24.2 Å². The van der Waals surface area contributed by atoms with Crippen molar-refractivity contribution in [2.45, 2.75) is 80.5 Å². The molecule has 2 heterocycles. The number of nitriles is 1. The standard InChI is InChI=1S/C30H43N7O4/c1-10-37-24(15-21(3)34-37)26(38)33-27-32-23-16-22(17-31)14-20(2)25(23)36(27)19-30(7,8)18-35(12-11-13-40-9)28(39)41-29(4,5)6/h14-16H,10-13,18-19H2,1-9H3,(H,32,33,38).